The van der Waals surface area contributed by atoms with Gasteiger partial charge < -0.3 is 0 Å². The van der Waals surface area contributed by atoms with Crippen molar-refractivity contribution in [3.8, 4) is 0 Å². The standard InChI is InChI=1S/C13H12Cl2/c14-12-7-5-10(6-8-12)9-11-3-1-2-4-13(11)15/h1-5,7H,6,8-9H2. The van der Waals surface area contributed by atoms with Crippen LogP contribution in [0.15, 0.2) is 47.0 Å². The van der Waals surface area contributed by atoms with Gasteiger partial charge >= 0.3 is 0 Å². The Morgan fingerprint density at radius 2 is 1.80 bits per heavy atom. The molecule has 0 nitrogen and oxygen atoms in total. The molecular formula is C13H12Cl2. The van der Waals surface area contributed by atoms with Gasteiger partial charge in [0.25, 0.3) is 0 Å². The first-order chi connectivity index (χ1) is 7.25. The molecule has 2 heteroatoms. The topological polar surface area (TPSA) is 0 Å². The van der Waals surface area contributed by atoms with Gasteiger partial charge in [0.1, 0.15) is 0 Å². The summed E-state index contributed by atoms with van der Waals surface area (Å²) in [6.07, 6.45) is 7.02. The van der Waals surface area contributed by atoms with Crippen molar-refractivity contribution in [2.45, 2.75) is 19.3 Å². The van der Waals surface area contributed by atoms with Crippen LogP contribution in [0.4, 0.5) is 0 Å². The second-order valence-corrected chi connectivity index (χ2v) is 4.60. The molecule has 0 radical (unpaired) electrons. The summed E-state index contributed by atoms with van der Waals surface area (Å²) in [5, 5.41) is 1.79. The highest BCUT2D eigenvalue weighted by molar-refractivity contribution is 6.31. The van der Waals surface area contributed by atoms with Crippen molar-refractivity contribution in [3.05, 3.63) is 57.6 Å². The monoisotopic (exact) mass is 238 g/mol. The average Bonchev–Trinajstić information content (AvgIpc) is 2.25. The van der Waals surface area contributed by atoms with Gasteiger partial charge in [0.15, 0.2) is 0 Å². The molecule has 2 rings (SSSR count). The van der Waals surface area contributed by atoms with Crippen LogP contribution in [-0.2, 0) is 6.42 Å². The van der Waals surface area contributed by atoms with Crippen molar-refractivity contribution in [1.29, 1.82) is 0 Å². The normalized spacial score (nSPS) is 15.9. The summed E-state index contributed by atoms with van der Waals surface area (Å²) >= 11 is 12.0. The Morgan fingerprint density at radius 3 is 2.47 bits per heavy atom. The van der Waals surface area contributed by atoms with Gasteiger partial charge in [-0.2, -0.15) is 0 Å². The molecule has 78 valence electrons. The van der Waals surface area contributed by atoms with Crippen molar-refractivity contribution < 1.29 is 0 Å². The molecule has 0 saturated carbocycles. The lowest BCUT2D eigenvalue weighted by Gasteiger charge is -2.11. The van der Waals surface area contributed by atoms with Gasteiger partial charge in [-0.15, -0.1) is 0 Å². The van der Waals surface area contributed by atoms with E-state index in [4.69, 9.17) is 23.2 Å². The Bertz CT molecular complexity index is 416. The second kappa shape index (κ2) is 4.87. The predicted octanol–water partition coefficient (Wildman–Crippen LogP) is 4.73. The van der Waals surface area contributed by atoms with E-state index in [0.29, 0.717) is 0 Å². The summed E-state index contributed by atoms with van der Waals surface area (Å²) in [7, 11) is 0. The van der Waals surface area contributed by atoms with Crippen LogP contribution in [0, 0.1) is 0 Å². The zero-order valence-electron chi connectivity index (χ0n) is 8.34. The molecule has 0 unspecified atom stereocenters. The largest absolute Gasteiger partial charge is 0.0891 e. The first-order valence-electron chi connectivity index (χ1n) is 5.03. The Hall–Kier alpha value is -0.720. The number of allylic oxidation sites excluding steroid dienone is 4. The zero-order chi connectivity index (χ0) is 10.7. The molecular weight excluding hydrogens is 227 g/mol. The SMILES string of the molecule is ClC1=CC=C(Cc2ccccc2Cl)CC1. The summed E-state index contributed by atoms with van der Waals surface area (Å²) in [5.74, 6) is 0. The molecule has 1 aromatic carbocycles. The Balaban J connectivity index is 2.13. The van der Waals surface area contributed by atoms with Crippen LogP contribution in [0.3, 0.4) is 0 Å². The molecule has 0 aromatic heterocycles. The highest BCUT2D eigenvalue weighted by Crippen LogP contribution is 2.26. The molecule has 0 spiro atoms. The lowest BCUT2D eigenvalue weighted by molar-refractivity contribution is 0.900. The quantitative estimate of drug-likeness (QED) is 0.700. The highest BCUT2D eigenvalue weighted by atomic mass is 35.5. The van der Waals surface area contributed by atoms with Crippen molar-refractivity contribution in [2.24, 2.45) is 0 Å². The third-order valence-corrected chi connectivity index (χ3v) is 3.24. The molecule has 0 aliphatic heterocycles. The van der Waals surface area contributed by atoms with E-state index in [0.717, 1.165) is 29.3 Å². The molecule has 0 atom stereocenters. The van der Waals surface area contributed by atoms with Gasteiger partial charge in [0, 0.05) is 10.1 Å². The van der Waals surface area contributed by atoms with Crippen molar-refractivity contribution in [3.63, 3.8) is 0 Å². The smallest absolute Gasteiger partial charge is 0.0441 e. The summed E-state index contributed by atoms with van der Waals surface area (Å²) in [5.41, 5.74) is 2.59. The average molecular weight is 239 g/mol. The minimum absolute atomic E-state index is 0.846. The minimum atomic E-state index is 0.846. The van der Waals surface area contributed by atoms with Crippen LogP contribution in [-0.4, -0.2) is 0 Å². The third kappa shape index (κ3) is 2.87. The number of benzene rings is 1. The van der Waals surface area contributed by atoms with Gasteiger partial charge in [-0.1, -0.05) is 53.1 Å². The van der Waals surface area contributed by atoms with Crippen LogP contribution in [0.1, 0.15) is 18.4 Å². The third-order valence-electron chi connectivity index (χ3n) is 2.56. The second-order valence-electron chi connectivity index (χ2n) is 3.71. The zero-order valence-corrected chi connectivity index (χ0v) is 9.85. The molecule has 15 heavy (non-hydrogen) atoms. The van der Waals surface area contributed by atoms with Crippen molar-refractivity contribution >= 4 is 23.2 Å². The first kappa shape index (κ1) is 10.8. The van der Waals surface area contributed by atoms with Crippen LogP contribution in [0.2, 0.25) is 5.02 Å². The van der Waals surface area contributed by atoms with Crippen molar-refractivity contribution in [1.82, 2.24) is 0 Å². The maximum atomic E-state index is 6.10. The number of rotatable bonds is 2. The molecule has 0 fully saturated rings. The minimum Gasteiger partial charge on any atom is -0.0891 e. The van der Waals surface area contributed by atoms with E-state index >= 15 is 0 Å². The van der Waals surface area contributed by atoms with Crippen LogP contribution in [0.25, 0.3) is 0 Å². The molecule has 1 aromatic rings. The lowest BCUT2D eigenvalue weighted by atomic mass is 9.98. The molecule has 0 N–H and O–H groups in total. The lowest BCUT2D eigenvalue weighted by Crippen LogP contribution is -1.95. The molecule has 0 saturated heterocycles. The number of hydrogen-bond donors (Lipinski definition) is 0. The van der Waals surface area contributed by atoms with Crippen LogP contribution in [0.5, 0.6) is 0 Å². The fourth-order valence-corrected chi connectivity index (χ4v) is 2.05. The maximum absolute atomic E-state index is 6.10. The predicted molar refractivity (Wildman–Crippen MR) is 66.4 cm³/mol. The van der Waals surface area contributed by atoms with Gasteiger partial charge in [-0.3, -0.25) is 0 Å². The first-order valence-corrected chi connectivity index (χ1v) is 5.79. The van der Waals surface area contributed by atoms with Gasteiger partial charge in [-0.25, -0.2) is 0 Å². The van der Waals surface area contributed by atoms with E-state index in [1.807, 2.05) is 24.3 Å². The molecule has 0 bridgehead atoms. The molecule has 1 aliphatic rings. The summed E-state index contributed by atoms with van der Waals surface area (Å²) in [6.45, 7) is 0. The van der Waals surface area contributed by atoms with Crippen LogP contribution >= 0.6 is 23.2 Å². The molecule has 1 aliphatic carbocycles. The number of hydrogen-bond acceptors (Lipinski definition) is 0. The van der Waals surface area contributed by atoms with E-state index in [2.05, 4.69) is 12.1 Å². The van der Waals surface area contributed by atoms with E-state index in [1.54, 1.807) is 0 Å². The van der Waals surface area contributed by atoms with E-state index < -0.39 is 0 Å². The fraction of sp³-hybridized carbons (Fsp3) is 0.231. The van der Waals surface area contributed by atoms with E-state index in [-0.39, 0.29) is 0 Å². The maximum Gasteiger partial charge on any atom is 0.0441 e. The Kier molecular flexibility index (Phi) is 3.50. The van der Waals surface area contributed by atoms with E-state index in [1.165, 1.54) is 11.1 Å². The number of halogens is 2. The summed E-state index contributed by atoms with van der Waals surface area (Å²) < 4.78 is 0. The van der Waals surface area contributed by atoms with Gasteiger partial charge in [-0.05, 0) is 37.0 Å². The highest BCUT2D eigenvalue weighted by Gasteiger charge is 2.07. The van der Waals surface area contributed by atoms with Gasteiger partial charge in [0.05, 0.1) is 0 Å². The molecule has 0 heterocycles. The molecule has 0 amide bonds. The Morgan fingerprint density at radius 1 is 1.00 bits per heavy atom. The summed E-state index contributed by atoms with van der Waals surface area (Å²) in [4.78, 5) is 0. The van der Waals surface area contributed by atoms with Crippen molar-refractivity contribution in [2.75, 3.05) is 0 Å². The van der Waals surface area contributed by atoms with E-state index in [9.17, 15) is 0 Å². The van der Waals surface area contributed by atoms with Gasteiger partial charge in [0.2, 0.25) is 0 Å². The van der Waals surface area contributed by atoms with Crippen LogP contribution < -0.4 is 0 Å². The Labute approximate surface area is 100 Å². The fourth-order valence-electron chi connectivity index (χ4n) is 1.69. The summed E-state index contributed by atoms with van der Waals surface area (Å²) in [6, 6.07) is 7.98.